The zero-order valence-electron chi connectivity index (χ0n) is 13.0. The Kier molecular flexibility index (Phi) is 4.05. The molecule has 3 rings (SSSR count). The molecule has 0 aromatic heterocycles. The first kappa shape index (κ1) is 14.6. The highest BCUT2D eigenvalue weighted by Gasteiger charge is 2.20. The molecule has 0 heterocycles. The number of rotatable bonds is 4. The lowest BCUT2D eigenvalue weighted by atomic mass is 9.95. The Morgan fingerprint density at radius 3 is 2.33 bits per heavy atom. The highest BCUT2D eigenvalue weighted by Crippen LogP contribution is 2.33. The van der Waals surface area contributed by atoms with Crippen molar-refractivity contribution >= 4 is 11.6 Å². The fraction of sp³-hybridized carbons (Fsp3) is 0.368. The summed E-state index contributed by atoms with van der Waals surface area (Å²) in [4.78, 5) is 0. The molecule has 2 aromatic rings. The van der Waals surface area contributed by atoms with Crippen molar-refractivity contribution in [3.8, 4) is 11.1 Å². The smallest absolute Gasteiger partial charge is 0.0487 e. The second kappa shape index (κ2) is 5.82. The van der Waals surface area contributed by atoms with Gasteiger partial charge in [0.15, 0.2) is 0 Å². The Morgan fingerprint density at radius 2 is 1.67 bits per heavy atom. The van der Waals surface area contributed by atoms with Crippen molar-refractivity contribution in [2.45, 2.75) is 46.2 Å². The highest BCUT2D eigenvalue weighted by atomic mass is 35.5. The quantitative estimate of drug-likeness (QED) is 0.820. The SMILES string of the molecule is Cc1cc(C)c(-c2ccc(CNC3CC3)cc2Cl)cc1C. The lowest BCUT2D eigenvalue weighted by Crippen LogP contribution is -2.15. The van der Waals surface area contributed by atoms with Gasteiger partial charge in [0, 0.05) is 23.2 Å². The van der Waals surface area contributed by atoms with Crippen LogP contribution >= 0.6 is 11.6 Å². The van der Waals surface area contributed by atoms with Crippen molar-refractivity contribution < 1.29 is 0 Å². The molecular weight excluding hydrogens is 278 g/mol. The third kappa shape index (κ3) is 3.30. The van der Waals surface area contributed by atoms with Gasteiger partial charge in [0.1, 0.15) is 0 Å². The Morgan fingerprint density at radius 1 is 0.952 bits per heavy atom. The molecule has 0 saturated heterocycles. The summed E-state index contributed by atoms with van der Waals surface area (Å²) in [5.74, 6) is 0. The van der Waals surface area contributed by atoms with Crippen LogP contribution in [0.3, 0.4) is 0 Å². The molecule has 1 N–H and O–H groups in total. The van der Waals surface area contributed by atoms with Crippen LogP contribution in [0.5, 0.6) is 0 Å². The molecular formula is C19H22ClN. The molecule has 2 aromatic carbocycles. The molecule has 0 atom stereocenters. The molecule has 1 aliphatic carbocycles. The molecule has 1 nitrogen and oxygen atoms in total. The zero-order valence-corrected chi connectivity index (χ0v) is 13.7. The van der Waals surface area contributed by atoms with E-state index >= 15 is 0 Å². The Bertz CT molecular complexity index is 672. The summed E-state index contributed by atoms with van der Waals surface area (Å²) in [5.41, 5.74) is 7.56. The molecule has 2 heteroatoms. The molecule has 0 spiro atoms. The second-order valence-electron chi connectivity index (χ2n) is 6.22. The molecule has 0 amide bonds. The van der Waals surface area contributed by atoms with Gasteiger partial charge in [-0.1, -0.05) is 35.9 Å². The van der Waals surface area contributed by atoms with E-state index in [9.17, 15) is 0 Å². The average molecular weight is 300 g/mol. The highest BCUT2D eigenvalue weighted by molar-refractivity contribution is 6.33. The number of nitrogens with one attached hydrogen (secondary N) is 1. The predicted molar refractivity (Wildman–Crippen MR) is 91.0 cm³/mol. The van der Waals surface area contributed by atoms with E-state index in [1.54, 1.807) is 0 Å². The van der Waals surface area contributed by atoms with E-state index in [0.29, 0.717) is 0 Å². The minimum Gasteiger partial charge on any atom is -0.310 e. The van der Waals surface area contributed by atoms with E-state index in [0.717, 1.165) is 23.2 Å². The summed E-state index contributed by atoms with van der Waals surface area (Å²) >= 11 is 6.53. The van der Waals surface area contributed by atoms with Gasteiger partial charge in [-0.25, -0.2) is 0 Å². The Labute approximate surface area is 132 Å². The van der Waals surface area contributed by atoms with Crippen molar-refractivity contribution in [3.05, 3.63) is 57.6 Å². The zero-order chi connectivity index (χ0) is 15.0. The van der Waals surface area contributed by atoms with Crippen LogP contribution in [0.2, 0.25) is 5.02 Å². The largest absolute Gasteiger partial charge is 0.310 e. The van der Waals surface area contributed by atoms with Gasteiger partial charge in [0.25, 0.3) is 0 Å². The molecule has 0 radical (unpaired) electrons. The van der Waals surface area contributed by atoms with E-state index in [4.69, 9.17) is 11.6 Å². The summed E-state index contributed by atoms with van der Waals surface area (Å²) in [6.45, 7) is 7.37. The van der Waals surface area contributed by atoms with Crippen LogP contribution in [0.25, 0.3) is 11.1 Å². The minimum atomic E-state index is 0.727. The normalized spacial score (nSPS) is 14.5. The lowest BCUT2D eigenvalue weighted by molar-refractivity contribution is 0.688. The van der Waals surface area contributed by atoms with Gasteiger partial charge in [-0.05, 0) is 67.5 Å². The van der Waals surface area contributed by atoms with E-state index in [1.807, 2.05) is 0 Å². The standard InChI is InChI=1S/C19H22ClN/c1-12-8-14(3)18(9-13(12)2)17-7-4-15(10-19(17)20)11-21-16-5-6-16/h4,7-10,16,21H,5-6,11H2,1-3H3. The van der Waals surface area contributed by atoms with Crippen LogP contribution in [-0.2, 0) is 6.54 Å². The van der Waals surface area contributed by atoms with Gasteiger partial charge < -0.3 is 5.32 Å². The molecule has 1 aliphatic rings. The van der Waals surface area contributed by atoms with Crippen molar-refractivity contribution in [1.82, 2.24) is 5.32 Å². The summed E-state index contributed by atoms with van der Waals surface area (Å²) in [6, 6.07) is 11.7. The maximum atomic E-state index is 6.53. The topological polar surface area (TPSA) is 12.0 Å². The molecule has 0 aliphatic heterocycles. The number of benzene rings is 2. The van der Waals surface area contributed by atoms with Crippen LogP contribution in [-0.4, -0.2) is 6.04 Å². The van der Waals surface area contributed by atoms with Crippen LogP contribution in [0.1, 0.15) is 35.1 Å². The molecule has 21 heavy (non-hydrogen) atoms. The van der Waals surface area contributed by atoms with Gasteiger partial charge in [0.2, 0.25) is 0 Å². The van der Waals surface area contributed by atoms with Crippen molar-refractivity contribution in [1.29, 1.82) is 0 Å². The van der Waals surface area contributed by atoms with E-state index in [1.165, 1.54) is 40.7 Å². The van der Waals surface area contributed by atoms with Crippen molar-refractivity contribution in [2.24, 2.45) is 0 Å². The van der Waals surface area contributed by atoms with E-state index in [-0.39, 0.29) is 0 Å². The van der Waals surface area contributed by atoms with Crippen LogP contribution in [0.4, 0.5) is 0 Å². The van der Waals surface area contributed by atoms with Crippen molar-refractivity contribution in [3.63, 3.8) is 0 Å². The molecule has 0 bridgehead atoms. The van der Waals surface area contributed by atoms with Gasteiger partial charge in [-0.2, -0.15) is 0 Å². The van der Waals surface area contributed by atoms with Gasteiger partial charge in [0.05, 0.1) is 0 Å². The summed E-state index contributed by atoms with van der Waals surface area (Å²) in [7, 11) is 0. The van der Waals surface area contributed by atoms with Gasteiger partial charge >= 0.3 is 0 Å². The van der Waals surface area contributed by atoms with Crippen LogP contribution in [0, 0.1) is 20.8 Å². The minimum absolute atomic E-state index is 0.727. The number of aryl methyl sites for hydroxylation is 3. The number of halogens is 1. The van der Waals surface area contributed by atoms with Crippen LogP contribution < -0.4 is 5.32 Å². The fourth-order valence-corrected chi connectivity index (χ4v) is 2.99. The first-order chi connectivity index (χ1) is 10.0. The Hall–Kier alpha value is -1.31. The monoisotopic (exact) mass is 299 g/mol. The molecule has 0 unspecified atom stereocenters. The van der Waals surface area contributed by atoms with Gasteiger partial charge in [-0.15, -0.1) is 0 Å². The van der Waals surface area contributed by atoms with Crippen LogP contribution in [0.15, 0.2) is 30.3 Å². The first-order valence-electron chi connectivity index (χ1n) is 7.64. The molecule has 1 saturated carbocycles. The van der Waals surface area contributed by atoms with E-state index < -0.39 is 0 Å². The van der Waals surface area contributed by atoms with E-state index in [2.05, 4.69) is 56.4 Å². The third-order valence-corrected chi connectivity index (χ3v) is 4.65. The number of hydrogen-bond acceptors (Lipinski definition) is 1. The summed E-state index contributed by atoms with van der Waals surface area (Å²) in [5, 5.41) is 4.37. The Balaban J connectivity index is 1.89. The summed E-state index contributed by atoms with van der Waals surface area (Å²) in [6.07, 6.45) is 2.63. The number of hydrogen-bond donors (Lipinski definition) is 1. The first-order valence-corrected chi connectivity index (χ1v) is 8.02. The maximum Gasteiger partial charge on any atom is 0.0487 e. The predicted octanol–water partition coefficient (Wildman–Crippen LogP) is 5.18. The van der Waals surface area contributed by atoms with Crippen molar-refractivity contribution in [2.75, 3.05) is 0 Å². The maximum absolute atomic E-state index is 6.53. The molecule has 110 valence electrons. The third-order valence-electron chi connectivity index (χ3n) is 4.34. The average Bonchev–Trinajstić information content (AvgIpc) is 3.25. The molecule has 1 fully saturated rings. The second-order valence-corrected chi connectivity index (χ2v) is 6.63. The van der Waals surface area contributed by atoms with Gasteiger partial charge in [-0.3, -0.25) is 0 Å². The lowest BCUT2D eigenvalue weighted by Gasteiger charge is -2.13. The summed E-state index contributed by atoms with van der Waals surface area (Å²) < 4.78 is 0. The fourth-order valence-electron chi connectivity index (χ4n) is 2.69.